The van der Waals surface area contributed by atoms with Gasteiger partial charge in [-0.3, -0.25) is 4.79 Å². The number of amides is 1. The maximum absolute atomic E-state index is 11.0. The summed E-state index contributed by atoms with van der Waals surface area (Å²) >= 11 is 0. The van der Waals surface area contributed by atoms with Crippen molar-refractivity contribution in [2.45, 2.75) is 0 Å². The molecule has 0 aromatic heterocycles. The first-order chi connectivity index (χ1) is 5.34. The van der Waals surface area contributed by atoms with Gasteiger partial charge in [0.05, 0.1) is 0 Å². The van der Waals surface area contributed by atoms with Gasteiger partial charge in [-0.15, -0.1) is 0 Å². The maximum Gasteiger partial charge on any atom is 0.268 e. The van der Waals surface area contributed by atoms with E-state index < -0.39 is 0 Å². The van der Waals surface area contributed by atoms with Crippen LogP contribution >= 0.6 is 0 Å². The molecule has 0 spiro atoms. The zero-order valence-corrected chi connectivity index (χ0v) is 6.16. The highest BCUT2D eigenvalue weighted by Crippen LogP contribution is 1.90. The van der Waals surface area contributed by atoms with Gasteiger partial charge in [-0.1, -0.05) is 5.16 Å². The summed E-state index contributed by atoms with van der Waals surface area (Å²) in [4.78, 5) is 12.6. The fourth-order valence-corrected chi connectivity index (χ4v) is 1.02. The number of nitrogens with one attached hydrogen (secondary N) is 1. The van der Waals surface area contributed by atoms with E-state index in [4.69, 9.17) is 5.21 Å². The average molecular weight is 157 g/mol. The lowest BCUT2D eigenvalue weighted by Gasteiger charge is -2.25. The molecule has 5 nitrogen and oxygen atoms in total. The monoisotopic (exact) mass is 157 g/mol. The fraction of sp³-hybridized carbons (Fsp3) is 0.667. The number of oxime groups is 1. The summed E-state index contributed by atoms with van der Waals surface area (Å²) in [6.07, 6.45) is 0.922. The first-order valence-corrected chi connectivity index (χ1v) is 3.51. The predicted octanol–water partition coefficient (Wildman–Crippen LogP) is -1.12. The summed E-state index contributed by atoms with van der Waals surface area (Å²) in [7, 11) is 0. The normalized spacial score (nSPS) is 19.1. The van der Waals surface area contributed by atoms with Crippen molar-refractivity contribution in [3.8, 4) is 0 Å². The molecular weight excluding hydrogens is 146 g/mol. The minimum absolute atomic E-state index is 0.228. The number of carbonyl (C=O) groups is 1. The largest absolute Gasteiger partial charge is 0.411 e. The molecule has 1 aliphatic heterocycles. The molecule has 5 heteroatoms. The number of carbonyl (C=O) groups excluding carboxylic acids is 1. The minimum Gasteiger partial charge on any atom is -0.411 e. The molecule has 1 fully saturated rings. The van der Waals surface area contributed by atoms with Crippen LogP contribution < -0.4 is 5.32 Å². The summed E-state index contributed by atoms with van der Waals surface area (Å²) in [5, 5.41) is 13.9. The minimum atomic E-state index is -0.228. The van der Waals surface area contributed by atoms with E-state index in [0.717, 1.165) is 19.3 Å². The Morgan fingerprint density at radius 3 is 2.73 bits per heavy atom. The molecule has 1 aliphatic rings. The van der Waals surface area contributed by atoms with Crippen LogP contribution in [0.2, 0.25) is 0 Å². The lowest BCUT2D eigenvalue weighted by Crippen LogP contribution is -2.46. The lowest BCUT2D eigenvalue weighted by atomic mass is 10.3. The second kappa shape index (κ2) is 3.92. The van der Waals surface area contributed by atoms with Crippen LogP contribution in [0.5, 0.6) is 0 Å². The molecule has 11 heavy (non-hydrogen) atoms. The van der Waals surface area contributed by atoms with E-state index in [2.05, 4.69) is 10.5 Å². The molecule has 0 bridgehead atoms. The van der Waals surface area contributed by atoms with Crippen LogP contribution in [0.25, 0.3) is 0 Å². The van der Waals surface area contributed by atoms with Crippen molar-refractivity contribution in [1.82, 2.24) is 10.2 Å². The highest BCUT2D eigenvalue weighted by Gasteiger charge is 2.13. The molecule has 1 heterocycles. The molecule has 0 aromatic rings. The van der Waals surface area contributed by atoms with E-state index in [1.807, 2.05) is 0 Å². The van der Waals surface area contributed by atoms with Gasteiger partial charge in [0.1, 0.15) is 6.21 Å². The van der Waals surface area contributed by atoms with Gasteiger partial charge >= 0.3 is 0 Å². The Morgan fingerprint density at radius 2 is 2.18 bits per heavy atom. The molecule has 1 saturated heterocycles. The Bertz CT molecular complexity index is 163. The number of rotatable bonds is 1. The van der Waals surface area contributed by atoms with Gasteiger partial charge < -0.3 is 15.4 Å². The topological polar surface area (TPSA) is 64.9 Å². The zero-order valence-electron chi connectivity index (χ0n) is 6.16. The lowest BCUT2D eigenvalue weighted by molar-refractivity contribution is -0.124. The molecule has 0 atom stereocenters. The number of nitrogens with zero attached hydrogens (tertiary/aromatic N) is 2. The van der Waals surface area contributed by atoms with Crippen LogP contribution in [0.3, 0.4) is 0 Å². The van der Waals surface area contributed by atoms with E-state index in [0.29, 0.717) is 13.1 Å². The van der Waals surface area contributed by atoms with Gasteiger partial charge in [0.25, 0.3) is 5.91 Å². The Hall–Kier alpha value is -1.10. The fourth-order valence-electron chi connectivity index (χ4n) is 1.02. The van der Waals surface area contributed by atoms with Crippen LogP contribution in [0.1, 0.15) is 0 Å². The highest BCUT2D eigenvalue weighted by molar-refractivity contribution is 6.25. The zero-order chi connectivity index (χ0) is 8.10. The third-order valence-corrected chi connectivity index (χ3v) is 1.60. The van der Waals surface area contributed by atoms with E-state index in [1.54, 1.807) is 4.90 Å². The van der Waals surface area contributed by atoms with Gasteiger partial charge in [0, 0.05) is 26.2 Å². The molecule has 0 aliphatic carbocycles. The molecule has 62 valence electrons. The van der Waals surface area contributed by atoms with Crippen LogP contribution in [0.15, 0.2) is 5.16 Å². The number of hydrogen-bond acceptors (Lipinski definition) is 4. The Balaban J connectivity index is 2.38. The van der Waals surface area contributed by atoms with Gasteiger partial charge in [0.15, 0.2) is 0 Å². The van der Waals surface area contributed by atoms with Crippen LogP contribution in [-0.2, 0) is 4.79 Å². The van der Waals surface area contributed by atoms with Crippen molar-refractivity contribution in [2.24, 2.45) is 5.16 Å². The van der Waals surface area contributed by atoms with E-state index in [-0.39, 0.29) is 5.91 Å². The first kappa shape index (κ1) is 8.00. The maximum atomic E-state index is 11.0. The SMILES string of the molecule is O=C(/C=N/O)N1CCNCC1. The molecular formula is C6H11N3O2. The van der Waals surface area contributed by atoms with Crippen molar-refractivity contribution in [1.29, 1.82) is 0 Å². The number of piperazine rings is 1. The Kier molecular flexibility index (Phi) is 2.85. The summed E-state index contributed by atoms with van der Waals surface area (Å²) in [6.45, 7) is 2.99. The number of hydrogen-bond donors (Lipinski definition) is 2. The van der Waals surface area contributed by atoms with Crippen molar-refractivity contribution < 1.29 is 10.0 Å². The highest BCUT2D eigenvalue weighted by atomic mass is 16.4. The summed E-state index contributed by atoms with van der Waals surface area (Å²) in [5.41, 5.74) is 0. The van der Waals surface area contributed by atoms with Gasteiger partial charge in [-0.05, 0) is 0 Å². The third kappa shape index (κ3) is 2.19. The molecule has 0 aromatic carbocycles. The quantitative estimate of drug-likeness (QED) is 0.288. The molecule has 0 saturated carbocycles. The Morgan fingerprint density at radius 1 is 1.55 bits per heavy atom. The van der Waals surface area contributed by atoms with Crippen LogP contribution in [-0.4, -0.2) is 48.4 Å². The standard InChI is InChI=1S/C6H11N3O2/c10-6(5-8-11)9-3-1-7-2-4-9/h5,7,11H,1-4H2/b8-5+. The average Bonchev–Trinajstić information content (AvgIpc) is 2.07. The first-order valence-electron chi connectivity index (χ1n) is 3.51. The van der Waals surface area contributed by atoms with E-state index in [1.165, 1.54) is 0 Å². The molecule has 0 radical (unpaired) electrons. The molecule has 1 rings (SSSR count). The predicted molar refractivity (Wildman–Crippen MR) is 39.7 cm³/mol. The van der Waals surface area contributed by atoms with Crippen molar-refractivity contribution in [2.75, 3.05) is 26.2 Å². The van der Waals surface area contributed by atoms with Crippen molar-refractivity contribution in [3.63, 3.8) is 0 Å². The second-order valence-corrected chi connectivity index (χ2v) is 2.32. The van der Waals surface area contributed by atoms with Gasteiger partial charge in [-0.2, -0.15) is 0 Å². The Labute approximate surface area is 64.7 Å². The summed E-state index contributed by atoms with van der Waals surface area (Å²) < 4.78 is 0. The summed E-state index contributed by atoms with van der Waals surface area (Å²) in [5.74, 6) is -0.228. The van der Waals surface area contributed by atoms with Crippen LogP contribution in [0.4, 0.5) is 0 Å². The second-order valence-electron chi connectivity index (χ2n) is 2.32. The molecule has 0 unspecified atom stereocenters. The van der Waals surface area contributed by atoms with Gasteiger partial charge in [0.2, 0.25) is 0 Å². The van der Waals surface area contributed by atoms with Crippen molar-refractivity contribution >= 4 is 12.1 Å². The molecule has 2 N–H and O–H groups in total. The van der Waals surface area contributed by atoms with E-state index >= 15 is 0 Å². The summed E-state index contributed by atoms with van der Waals surface area (Å²) in [6, 6.07) is 0. The smallest absolute Gasteiger partial charge is 0.268 e. The van der Waals surface area contributed by atoms with Crippen LogP contribution in [0, 0.1) is 0 Å². The van der Waals surface area contributed by atoms with Gasteiger partial charge in [-0.25, -0.2) is 0 Å². The molecule has 1 amide bonds. The third-order valence-electron chi connectivity index (χ3n) is 1.60. The van der Waals surface area contributed by atoms with Crippen molar-refractivity contribution in [3.05, 3.63) is 0 Å². The van der Waals surface area contributed by atoms with E-state index in [9.17, 15) is 4.79 Å².